The zero-order chi connectivity index (χ0) is 12.2. The molecular formula is C13H19NO2. The molecule has 0 radical (unpaired) electrons. The van der Waals surface area contributed by atoms with Crippen LogP contribution >= 0.6 is 0 Å². The molecule has 0 fully saturated rings. The highest BCUT2D eigenvalue weighted by Gasteiger charge is 2.27. The Bertz CT molecular complexity index is 341. The third-order valence-corrected chi connectivity index (χ3v) is 2.45. The summed E-state index contributed by atoms with van der Waals surface area (Å²) in [5, 5.41) is 2.86. The minimum atomic E-state index is -0.399. The molecular weight excluding hydrogens is 202 g/mol. The van der Waals surface area contributed by atoms with Crippen LogP contribution in [0.3, 0.4) is 0 Å². The van der Waals surface area contributed by atoms with Crippen molar-refractivity contribution >= 4 is 6.09 Å². The highest BCUT2D eigenvalue weighted by Crippen LogP contribution is 2.32. The molecule has 3 nitrogen and oxygen atoms in total. The van der Waals surface area contributed by atoms with Gasteiger partial charge in [0.2, 0.25) is 0 Å². The minimum Gasteiger partial charge on any atom is -0.453 e. The number of ether oxygens (including phenoxy) is 1. The topological polar surface area (TPSA) is 38.3 Å². The zero-order valence-corrected chi connectivity index (χ0v) is 10.3. The molecule has 0 aliphatic rings. The summed E-state index contributed by atoms with van der Waals surface area (Å²) < 4.78 is 4.65. The van der Waals surface area contributed by atoms with E-state index < -0.39 is 6.09 Å². The lowest BCUT2D eigenvalue weighted by atomic mass is 9.82. The fraction of sp³-hybridized carbons (Fsp3) is 0.462. The molecule has 1 amide bonds. The van der Waals surface area contributed by atoms with Crippen molar-refractivity contribution in [2.24, 2.45) is 5.41 Å². The molecule has 0 aromatic heterocycles. The summed E-state index contributed by atoms with van der Waals surface area (Å²) >= 11 is 0. The Labute approximate surface area is 96.8 Å². The lowest BCUT2D eigenvalue weighted by Gasteiger charge is -2.31. The van der Waals surface area contributed by atoms with Crippen LogP contribution < -0.4 is 5.32 Å². The Morgan fingerprint density at radius 1 is 1.25 bits per heavy atom. The molecule has 88 valence electrons. The van der Waals surface area contributed by atoms with Gasteiger partial charge in [-0.15, -0.1) is 0 Å². The molecule has 0 saturated carbocycles. The minimum absolute atomic E-state index is 0.0545. The first-order valence-electron chi connectivity index (χ1n) is 5.34. The largest absolute Gasteiger partial charge is 0.453 e. The number of carbonyl (C=O) groups excluding carboxylic acids is 1. The van der Waals surface area contributed by atoms with E-state index in [1.165, 1.54) is 7.11 Å². The molecule has 3 heteroatoms. The molecule has 16 heavy (non-hydrogen) atoms. The maximum atomic E-state index is 11.3. The van der Waals surface area contributed by atoms with E-state index in [-0.39, 0.29) is 11.5 Å². The van der Waals surface area contributed by atoms with Gasteiger partial charge in [-0.05, 0) is 11.0 Å². The average molecular weight is 221 g/mol. The van der Waals surface area contributed by atoms with E-state index in [9.17, 15) is 4.79 Å². The second-order valence-electron chi connectivity index (χ2n) is 4.85. The van der Waals surface area contributed by atoms with Crippen LogP contribution in [0.5, 0.6) is 0 Å². The molecule has 1 N–H and O–H groups in total. The molecule has 0 spiro atoms. The van der Waals surface area contributed by atoms with E-state index in [1.54, 1.807) is 0 Å². The van der Waals surface area contributed by atoms with Crippen molar-refractivity contribution < 1.29 is 9.53 Å². The zero-order valence-electron chi connectivity index (χ0n) is 10.3. The van der Waals surface area contributed by atoms with Crippen LogP contribution in [0.25, 0.3) is 0 Å². The lowest BCUT2D eigenvalue weighted by Crippen LogP contribution is -2.36. The fourth-order valence-electron chi connectivity index (χ4n) is 1.62. The van der Waals surface area contributed by atoms with E-state index in [0.29, 0.717) is 0 Å². The van der Waals surface area contributed by atoms with Crippen molar-refractivity contribution in [2.45, 2.75) is 26.8 Å². The smallest absolute Gasteiger partial charge is 0.407 e. The van der Waals surface area contributed by atoms with Crippen LogP contribution in [0.1, 0.15) is 32.4 Å². The van der Waals surface area contributed by atoms with Gasteiger partial charge in [0.25, 0.3) is 0 Å². The molecule has 1 unspecified atom stereocenters. The Hall–Kier alpha value is -1.51. The highest BCUT2D eigenvalue weighted by molar-refractivity contribution is 5.67. The quantitative estimate of drug-likeness (QED) is 0.833. The van der Waals surface area contributed by atoms with Gasteiger partial charge in [0.15, 0.2) is 0 Å². The lowest BCUT2D eigenvalue weighted by molar-refractivity contribution is 0.154. The number of amides is 1. The molecule has 0 bridgehead atoms. The van der Waals surface area contributed by atoms with E-state index in [4.69, 9.17) is 0 Å². The van der Waals surface area contributed by atoms with Crippen LogP contribution in [-0.2, 0) is 4.74 Å². The van der Waals surface area contributed by atoms with Crippen molar-refractivity contribution in [3.05, 3.63) is 35.9 Å². The molecule has 0 aliphatic heterocycles. The van der Waals surface area contributed by atoms with E-state index in [1.807, 2.05) is 30.3 Å². The van der Waals surface area contributed by atoms with Gasteiger partial charge in [-0.25, -0.2) is 4.79 Å². The Balaban J connectivity index is 2.93. The first-order chi connectivity index (χ1) is 7.45. The van der Waals surface area contributed by atoms with Crippen LogP contribution in [0.2, 0.25) is 0 Å². The molecule has 1 aromatic rings. The van der Waals surface area contributed by atoms with E-state index >= 15 is 0 Å². The van der Waals surface area contributed by atoms with Crippen LogP contribution in [0.15, 0.2) is 30.3 Å². The monoisotopic (exact) mass is 221 g/mol. The summed E-state index contributed by atoms with van der Waals surface area (Å²) in [5.41, 5.74) is 1.02. The van der Waals surface area contributed by atoms with Crippen LogP contribution in [-0.4, -0.2) is 13.2 Å². The van der Waals surface area contributed by atoms with Gasteiger partial charge in [-0.2, -0.15) is 0 Å². The summed E-state index contributed by atoms with van der Waals surface area (Å²) in [6.07, 6.45) is -0.399. The third-order valence-electron chi connectivity index (χ3n) is 2.45. The van der Waals surface area contributed by atoms with Gasteiger partial charge in [-0.3, -0.25) is 0 Å². The van der Waals surface area contributed by atoms with E-state index in [2.05, 4.69) is 30.8 Å². The van der Waals surface area contributed by atoms with Crippen molar-refractivity contribution in [3.63, 3.8) is 0 Å². The summed E-state index contributed by atoms with van der Waals surface area (Å²) in [7, 11) is 1.38. The van der Waals surface area contributed by atoms with Crippen molar-refractivity contribution in [2.75, 3.05) is 7.11 Å². The average Bonchev–Trinajstić information content (AvgIpc) is 2.25. The number of hydrogen-bond acceptors (Lipinski definition) is 2. The maximum Gasteiger partial charge on any atom is 0.407 e. The van der Waals surface area contributed by atoms with Crippen molar-refractivity contribution in [1.29, 1.82) is 0 Å². The number of rotatable bonds is 2. The number of hydrogen-bond donors (Lipinski definition) is 1. The second kappa shape index (κ2) is 5.01. The predicted molar refractivity (Wildman–Crippen MR) is 64.2 cm³/mol. The van der Waals surface area contributed by atoms with Crippen LogP contribution in [0, 0.1) is 5.41 Å². The van der Waals surface area contributed by atoms with Gasteiger partial charge in [0, 0.05) is 0 Å². The number of nitrogens with one attached hydrogen (secondary N) is 1. The third kappa shape index (κ3) is 3.26. The van der Waals surface area contributed by atoms with Gasteiger partial charge in [0.1, 0.15) is 0 Å². The van der Waals surface area contributed by atoms with Gasteiger partial charge < -0.3 is 10.1 Å². The SMILES string of the molecule is COC(=O)NC(c1ccccc1)C(C)(C)C. The standard InChI is InChI=1S/C13H19NO2/c1-13(2,3)11(14-12(15)16-4)10-8-6-5-7-9-10/h5-9,11H,1-4H3,(H,14,15). The summed E-state index contributed by atoms with van der Waals surface area (Å²) in [6.45, 7) is 6.25. The number of benzene rings is 1. The predicted octanol–water partition coefficient (Wildman–Crippen LogP) is 3.13. The Morgan fingerprint density at radius 2 is 1.81 bits per heavy atom. The molecule has 1 aromatic carbocycles. The number of carbonyl (C=O) groups is 1. The fourth-order valence-corrected chi connectivity index (χ4v) is 1.62. The van der Waals surface area contributed by atoms with Crippen molar-refractivity contribution in [3.8, 4) is 0 Å². The molecule has 1 rings (SSSR count). The highest BCUT2D eigenvalue weighted by atomic mass is 16.5. The Morgan fingerprint density at radius 3 is 2.25 bits per heavy atom. The molecule has 0 aliphatic carbocycles. The van der Waals surface area contributed by atoms with Gasteiger partial charge in [-0.1, -0.05) is 51.1 Å². The number of methoxy groups -OCH3 is 1. The second-order valence-corrected chi connectivity index (χ2v) is 4.85. The maximum absolute atomic E-state index is 11.3. The Kier molecular flexibility index (Phi) is 3.93. The molecule has 0 heterocycles. The van der Waals surface area contributed by atoms with Gasteiger partial charge >= 0.3 is 6.09 Å². The van der Waals surface area contributed by atoms with Gasteiger partial charge in [0.05, 0.1) is 13.2 Å². The first kappa shape index (κ1) is 12.6. The normalized spacial score (nSPS) is 13.0. The van der Waals surface area contributed by atoms with E-state index in [0.717, 1.165) is 5.56 Å². The molecule has 0 saturated heterocycles. The summed E-state index contributed by atoms with van der Waals surface area (Å²) in [6, 6.07) is 9.85. The van der Waals surface area contributed by atoms with Crippen LogP contribution in [0.4, 0.5) is 4.79 Å². The first-order valence-corrected chi connectivity index (χ1v) is 5.34. The number of alkyl carbamates (subject to hydrolysis) is 1. The summed E-state index contributed by atoms with van der Waals surface area (Å²) in [4.78, 5) is 11.3. The summed E-state index contributed by atoms with van der Waals surface area (Å²) in [5.74, 6) is 0. The van der Waals surface area contributed by atoms with Crippen molar-refractivity contribution in [1.82, 2.24) is 5.32 Å². The molecule has 1 atom stereocenters.